The Bertz CT molecular complexity index is 4040. The molecule has 4 fully saturated rings. The van der Waals surface area contributed by atoms with Crippen molar-refractivity contribution >= 4 is 131 Å². The quantitative estimate of drug-likeness (QED) is 0.0224. The first-order valence-corrected chi connectivity index (χ1v) is 35.9. The Balaban J connectivity index is 0.865. The second kappa shape index (κ2) is 25.9. The Kier molecular flexibility index (Phi) is 19.7. The third-order valence-corrected chi connectivity index (χ3v) is 19.6. The molecule has 4 aliphatic rings. The number of hydrogen-bond acceptors (Lipinski definition) is 32. The molecule has 10 rings (SSSR count). The summed E-state index contributed by atoms with van der Waals surface area (Å²) >= 11 is 22.0. The van der Waals surface area contributed by atoms with Gasteiger partial charge < -0.3 is 98.5 Å². The van der Waals surface area contributed by atoms with E-state index in [2.05, 4.69) is 41.7 Å². The zero-order chi connectivity index (χ0) is 63.0. The molecule has 0 spiro atoms. The maximum absolute atomic E-state index is 14.7. The average Bonchev–Trinajstić information content (AvgIpc) is 1.88. The molecule has 0 amide bonds. The maximum atomic E-state index is 14.7. The summed E-state index contributed by atoms with van der Waals surface area (Å²) in [7, 11) is 0. The van der Waals surface area contributed by atoms with Gasteiger partial charge in [0.25, 0.3) is 11.1 Å². The standard InChI is InChI=1S/C38H46FIN14O25P4S4/c39-11-1-51(37(62)49-31(11)60)34-21(57)25(15(74-34)5-71-82(67,86)77-24-14(4-69-80(64,65)84)76-36(23(24)59)54-10-48-18-28(42)44-8-46-30(18)54)79-83(68,87)72-6-16-26(22(58)35(75-16)52-2-12(40)32(61)50-38(52)63)78-81(66,85)70-3-13-19(55)20(56)33(73-13)53-9-47-17-27(41)43-7-45-29(17)53/h1-2,7-10,13-16,19-26,33-36,55-59H,3-6H2,(H,66,85)(H,67,86)(H,68,87)(H2,41,43,45)(H2,42,44,46)(H,49,60,62)(H,50,61,63)(H2,64,65,84)/t13-,14-,15-,16-,19-,20-,21-,22-,23-,24-,25-,26-,33-,34-,35-,36-,81?,82?,83?/m1/s1. The van der Waals surface area contributed by atoms with Crippen LogP contribution in [0.4, 0.5) is 16.0 Å². The summed E-state index contributed by atoms with van der Waals surface area (Å²) in [6.45, 7) is -22.6. The number of nitrogen functional groups attached to an aromatic ring is 2. The smallest absolute Gasteiger partial charge is 0.330 e. The van der Waals surface area contributed by atoms with Crippen molar-refractivity contribution in [1.82, 2.24) is 58.1 Å². The molecule has 49 heteroatoms. The van der Waals surface area contributed by atoms with Crippen molar-refractivity contribution in [2.45, 2.75) is 98.2 Å². The highest BCUT2D eigenvalue weighted by Gasteiger charge is 2.54. The van der Waals surface area contributed by atoms with Crippen LogP contribution in [0.5, 0.6) is 0 Å². The summed E-state index contributed by atoms with van der Waals surface area (Å²) in [5.41, 5.74) is 7.43. The van der Waals surface area contributed by atoms with E-state index in [0.717, 1.165) is 29.7 Å². The molecule has 6 aromatic rings. The molecule has 39 nitrogen and oxygen atoms in total. The minimum absolute atomic E-state index is 0.00323. The molecular formula is C38H46FIN14O25P4S4. The Labute approximate surface area is 515 Å². The normalized spacial score (nSPS) is 31.6. The summed E-state index contributed by atoms with van der Waals surface area (Å²) in [6, 6.07) is 0. The third kappa shape index (κ3) is 14.3. The molecule has 4 aliphatic heterocycles. The van der Waals surface area contributed by atoms with E-state index in [1.165, 1.54) is 15.5 Å². The maximum Gasteiger partial charge on any atom is 0.330 e. The number of imidazole rings is 2. The molecule has 0 saturated carbocycles. The molecule has 3 unspecified atom stereocenters. The number of aromatic nitrogens is 12. The van der Waals surface area contributed by atoms with Crippen molar-refractivity contribution in [3.8, 4) is 0 Å². The first kappa shape index (κ1) is 66.4. The molecule has 6 aromatic heterocycles. The average molecular weight is 1500 g/mol. The number of fused-ring (bicyclic) bond motifs is 2. The van der Waals surface area contributed by atoms with Gasteiger partial charge in [0.15, 0.2) is 47.8 Å². The number of aliphatic hydroxyl groups is 5. The lowest BCUT2D eigenvalue weighted by atomic mass is 10.1. The predicted molar refractivity (Wildman–Crippen MR) is 307 cm³/mol. The van der Waals surface area contributed by atoms with Crippen molar-refractivity contribution in [2.24, 2.45) is 0 Å². The Hall–Kier alpha value is -3.52. The number of nitrogens with one attached hydrogen (secondary N) is 2. The highest BCUT2D eigenvalue weighted by atomic mass is 127. The molecule has 19 atom stereocenters. The topological polar surface area (TPSA) is 553 Å². The predicted octanol–water partition coefficient (Wildman–Crippen LogP) is -4.85. The van der Waals surface area contributed by atoms with Gasteiger partial charge in [0.2, 0.25) is 5.82 Å². The first-order chi connectivity index (χ1) is 40.8. The second-order valence-electron chi connectivity index (χ2n) is 19.0. The molecule has 87 heavy (non-hydrogen) atoms. The van der Waals surface area contributed by atoms with Gasteiger partial charge in [0.05, 0.1) is 48.8 Å². The molecular weight excluding hydrogens is 1450 g/mol. The van der Waals surface area contributed by atoms with E-state index in [4.69, 9.17) is 97.5 Å². The van der Waals surface area contributed by atoms with Crippen LogP contribution in [0.1, 0.15) is 24.9 Å². The lowest BCUT2D eigenvalue weighted by Gasteiger charge is -2.29. The van der Waals surface area contributed by atoms with Gasteiger partial charge in [-0.2, -0.15) is 4.39 Å². The van der Waals surface area contributed by atoms with Crippen LogP contribution >= 0.6 is 49.5 Å². The molecule has 0 bridgehead atoms. The van der Waals surface area contributed by atoms with Crippen LogP contribution in [-0.2, 0) is 97.8 Å². The van der Waals surface area contributed by atoms with Crippen LogP contribution in [-0.4, -0.2) is 208 Å². The number of halogens is 2. The van der Waals surface area contributed by atoms with E-state index in [1.54, 1.807) is 27.6 Å². The van der Waals surface area contributed by atoms with Crippen molar-refractivity contribution in [3.63, 3.8) is 0 Å². The molecule has 476 valence electrons. The monoisotopic (exact) mass is 1500 g/mol. The molecule has 0 radical (unpaired) electrons. The number of rotatable bonds is 22. The van der Waals surface area contributed by atoms with Crippen LogP contribution < -0.4 is 34.0 Å². The van der Waals surface area contributed by atoms with E-state index in [-0.39, 0.29) is 37.5 Å². The van der Waals surface area contributed by atoms with Gasteiger partial charge in [-0.3, -0.25) is 51.4 Å². The van der Waals surface area contributed by atoms with Crippen LogP contribution in [0.3, 0.4) is 0 Å². The van der Waals surface area contributed by atoms with Crippen LogP contribution in [0.2, 0.25) is 0 Å². The fourth-order valence-electron chi connectivity index (χ4n) is 9.38. The van der Waals surface area contributed by atoms with Crippen molar-refractivity contribution in [2.75, 3.05) is 37.9 Å². The Morgan fingerprint density at radius 3 is 1.33 bits per heavy atom. The van der Waals surface area contributed by atoms with Crippen LogP contribution in [0, 0.1) is 9.39 Å². The van der Waals surface area contributed by atoms with Crippen LogP contribution in [0.15, 0.2) is 56.9 Å². The number of nitrogens with zero attached hydrogens (tertiary/aromatic N) is 10. The number of ether oxygens (including phenoxy) is 4. The molecule has 0 aliphatic carbocycles. The second-order valence-corrected chi connectivity index (χ2v) is 31.2. The third-order valence-electron chi connectivity index (χ3n) is 13.4. The first-order valence-electron chi connectivity index (χ1n) is 24.4. The van der Waals surface area contributed by atoms with Gasteiger partial charge in [-0.1, -0.05) is 0 Å². The summed E-state index contributed by atoms with van der Waals surface area (Å²) in [5.74, 6) is -1.60. The fraction of sp³-hybridized carbons (Fsp3) is 0.526. The zero-order valence-electron chi connectivity index (χ0n) is 42.9. The number of aromatic amines is 2. The van der Waals surface area contributed by atoms with E-state index >= 15 is 0 Å². The lowest BCUT2D eigenvalue weighted by molar-refractivity contribution is -0.0598. The number of H-pyrrole nitrogens is 2. The Morgan fingerprint density at radius 2 is 0.897 bits per heavy atom. The minimum Gasteiger partial charge on any atom is -0.387 e. The van der Waals surface area contributed by atoms with Crippen molar-refractivity contribution in [1.29, 1.82) is 0 Å². The summed E-state index contributed by atoms with van der Waals surface area (Å²) in [4.78, 5) is 133. The van der Waals surface area contributed by atoms with Crippen LogP contribution in [0.25, 0.3) is 22.3 Å². The van der Waals surface area contributed by atoms with Gasteiger partial charge in [-0.15, -0.1) is 0 Å². The van der Waals surface area contributed by atoms with Crippen molar-refractivity contribution < 1.29 is 105 Å². The van der Waals surface area contributed by atoms with E-state index in [0.29, 0.717) is 10.8 Å². The highest BCUT2D eigenvalue weighted by molar-refractivity contribution is 14.1. The summed E-state index contributed by atoms with van der Waals surface area (Å²) < 4.78 is 80.6. The van der Waals surface area contributed by atoms with Gasteiger partial charge >= 0.3 is 38.3 Å². The fourth-order valence-corrected chi connectivity index (χ4v) is 14.7. The minimum atomic E-state index is -4.95. The summed E-state index contributed by atoms with van der Waals surface area (Å²) in [5, 5.41) is 57.0. The zero-order valence-corrected chi connectivity index (χ0v) is 51.9. The largest absolute Gasteiger partial charge is 0.387 e. The van der Waals surface area contributed by atoms with Gasteiger partial charge in [0, 0.05) is 6.20 Å². The van der Waals surface area contributed by atoms with Gasteiger partial charge in [-0.25, -0.2) is 39.5 Å². The number of nitrogens with two attached hydrogens (primary N) is 2. The highest BCUT2D eigenvalue weighted by Crippen LogP contribution is 2.54. The SMILES string of the molecule is Nc1ncnc2c1ncn2[C@@H]1O[C@H](COP(O)(=S)O[C@H]2[C@@H](O)[C@H](n3cc(I)c(=O)[nH]c3=O)O[C@@H]2COP(O)(=S)O[C@H]2[C@@H](O)[C@H](n3cc(F)c(=O)[nH]c3=O)O[C@@H]2COP(O)(=S)O[C@H]2[C@@H](O)[C@H](n3cnc4c(N)ncnc43)O[C@@H]2COP(O)(O)=S)[C@@H](O)[C@H]1O. The summed E-state index contributed by atoms with van der Waals surface area (Å²) in [6.07, 6.45) is -22.7. The number of hydrogen-bond donors (Lipinski definition) is 14. The molecule has 16 N–H and O–H groups in total. The van der Waals surface area contributed by atoms with E-state index < -0.39 is 180 Å². The number of anilines is 2. The lowest BCUT2D eigenvalue weighted by Crippen LogP contribution is -2.40. The van der Waals surface area contributed by atoms with E-state index in [9.17, 15) is 73.6 Å². The van der Waals surface area contributed by atoms with Gasteiger partial charge in [-0.05, 0) is 69.8 Å². The molecule has 0 aromatic carbocycles. The van der Waals surface area contributed by atoms with Crippen molar-refractivity contribution in [3.05, 3.63) is 88.8 Å². The van der Waals surface area contributed by atoms with Gasteiger partial charge in [0.1, 0.15) is 96.9 Å². The van der Waals surface area contributed by atoms with E-state index in [1.807, 2.05) is 4.98 Å². The Morgan fingerprint density at radius 1 is 0.529 bits per heavy atom. The molecule has 4 saturated heterocycles. The molecule has 10 heterocycles. The number of aliphatic hydroxyl groups excluding tert-OH is 5.